The summed E-state index contributed by atoms with van der Waals surface area (Å²) in [7, 11) is 2.88. The minimum Gasteiger partial charge on any atom is -0.456 e. The molecule has 0 spiro atoms. The molecule has 0 unspecified atom stereocenters. The van der Waals surface area contributed by atoms with Gasteiger partial charge in [0.25, 0.3) is 0 Å². The van der Waals surface area contributed by atoms with Crippen molar-refractivity contribution in [2.45, 2.75) is 39.0 Å². The Kier molecular flexibility index (Phi) is 7.79. The predicted octanol–water partition coefficient (Wildman–Crippen LogP) is 6.37. The molecular formula is C26H34ClN3O3Si. The number of fused-ring (bicyclic) bond motifs is 5. The standard InChI is InChI=1S/C26H34ClN3O3Si/c1-29(2)12-13-31-17-24-28-25-20-8-6-7-9-22(20)33-23-11-10-19(27)16-21(23)26(25)30(24)18-32-14-15-34(3,4)5/h6-11,16H,12-15,17-18H2,1-5H3. The number of benzene rings is 2. The number of nitrogens with zero attached hydrogens (tertiary/aromatic N) is 3. The van der Waals surface area contributed by atoms with Gasteiger partial charge in [-0.05, 0) is 50.5 Å². The Hall–Kier alpha value is -2.16. The molecule has 0 saturated carbocycles. The van der Waals surface area contributed by atoms with Crippen molar-refractivity contribution in [1.29, 1.82) is 0 Å². The van der Waals surface area contributed by atoms with E-state index in [0.29, 0.717) is 25.0 Å². The van der Waals surface area contributed by atoms with Crippen molar-refractivity contribution in [1.82, 2.24) is 14.5 Å². The minimum absolute atomic E-state index is 0.396. The molecule has 2 heterocycles. The summed E-state index contributed by atoms with van der Waals surface area (Å²) in [4.78, 5) is 7.16. The number of rotatable bonds is 10. The van der Waals surface area contributed by atoms with Gasteiger partial charge in [0, 0.05) is 37.4 Å². The molecule has 1 aliphatic rings. The highest BCUT2D eigenvalue weighted by molar-refractivity contribution is 6.76. The maximum absolute atomic E-state index is 6.43. The van der Waals surface area contributed by atoms with Gasteiger partial charge in [-0.3, -0.25) is 0 Å². The summed E-state index contributed by atoms with van der Waals surface area (Å²) < 4.78 is 20.6. The number of hydrogen-bond donors (Lipinski definition) is 0. The first-order valence-electron chi connectivity index (χ1n) is 11.7. The van der Waals surface area contributed by atoms with E-state index in [2.05, 4.69) is 29.1 Å². The molecule has 0 aliphatic carbocycles. The van der Waals surface area contributed by atoms with Crippen LogP contribution in [0, 0.1) is 0 Å². The van der Waals surface area contributed by atoms with E-state index >= 15 is 0 Å². The van der Waals surface area contributed by atoms with Crippen LogP contribution in [0.25, 0.3) is 22.5 Å². The van der Waals surface area contributed by atoms with Crippen molar-refractivity contribution >= 4 is 19.7 Å². The number of ether oxygens (including phenoxy) is 3. The van der Waals surface area contributed by atoms with Gasteiger partial charge < -0.3 is 23.7 Å². The average molecular weight is 500 g/mol. The summed E-state index contributed by atoms with van der Waals surface area (Å²) in [5.74, 6) is 2.35. The Morgan fingerprint density at radius 3 is 2.53 bits per heavy atom. The van der Waals surface area contributed by atoms with Crippen molar-refractivity contribution in [3.8, 4) is 34.0 Å². The summed E-state index contributed by atoms with van der Waals surface area (Å²) in [6.07, 6.45) is 0. The zero-order chi connectivity index (χ0) is 24.3. The number of hydrogen-bond acceptors (Lipinski definition) is 5. The van der Waals surface area contributed by atoms with Crippen molar-refractivity contribution in [3.63, 3.8) is 0 Å². The topological polar surface area (TPSA) is 48.8 Å². The van der Waals surface area contributed by atoms with Crippen LogP contribution in [-0.2, 0) is 22.8 Å². The molecule has 0 N–H and O–H groups in total. The Balaban J connectivity index is 1.76. The van der Waals surface area contributed by atoms with Gasteiger partial charge in [0.2, 0.25) is 0 Å². The summed E-state index contributed by atoms with van der Waals surface area (Å²) in [6, 6.07) is 14.8. The van der Waals surface area contributed by atoms with Gasteiger partial charge in [-0.2, -0.15) is 0 Å². The molecule has 0 bridgehead atoms. The number of halogens is 1. The lowest BCUT2D eigenvalue weighted by molar-refractivity contribution is 0.0688. The third-order valence-corrected chi connectivity index (χ3v) is 7.68. The van der Waals surface area contributed by atoms with Crippen LogP contribution in [-0.4, -0.2) is 56.4 Å². The largest absolute Gasteiger partial charge is 0.456 e. The second kappa shape index (κ2) is 10.6. The monoisotopic (exact) mass is 499 g/mol. The van der Waals surface area contributed by atoms with Gasteiger partial charge in [0.1, 0.15) is 36.4 Å². The molecule has 1 aromatic heterocycles. The van der Waals surface area contributed by atoms with E-state index < -0.39 is 8.07 Å². The molecule has 1 aliphatic heterocycles. The van der Waals surface area contributed by atoms with Crippen LogP contribution in [0.15, 0.2) is 42.5 Å². The predicted molar refractivity (Wildman–Crippen MR) is 140 cm³/mol. The lowest BCUT2D eigenvalue weighted by atomic mass is 10.0. The SMILES string of the molecule is CN(C)CCOCc1nc2c(n1COCC[Si](C)(C)C)-c1cc(Cl)ccc1Oc1ccccc1-2. The third-order valence-electron chi connectivity index (χ3n) is 5.74. The van der Waals surface area contributed by atoms with Crippen LogP contribution in [0.3, 0.4) is 0 Å². The molecule has 2 aromatic carbocycles. The summed E-state index contributed by atoms with van der Waals surface area (Å²) in [5.41, 5.74) is 3.65. The number of para-hydroxylation sites is 1. The van der Waals surface area contributed by atoms with Crippen LogP contribution in [0.2, 0.25) is 30.7 Å². The van der Waals surface area contributed by atoms with Gasteiger partial charge in [-0.15, -0.1) is 0 Å². The molecule has 0 saturated heterocycles. The van der Waals surface area contributed by atoms with E-state index in [0.717, 1.165) is 59.0 Å². The Morgan fingerprint density at radius 1 is 1.00 bits per heavy atom. The van der Waals surface area contributed by atoms with Crippen LogP contribution in [0.4, 0.5) is 0 Å². The number of likely N-dealkylation sites (N-methyl/N-ethyl adjacent to an activating group) is 1. The van der Waals surface area contributed by atoms with Gasteiger partial charge in [0.05, 0.1) is 12.3 Å². The second-order valence-corrected chi connectivity index (χ2v) is 16.2. The first-order chi connectivity index (χ1) is 16.2. The normalized spacial score (nSPS) is 12.7. The molecular weight excluding hydrogens is 466 g/mol. The molecule has 8 heteroatoms. The fourth-order valence-corrected chi connectivity index (χ4v) is 4.73. The van der Waals surface area contributed by atoms with Crippen molar-refractivity contribution < 1.29 is 14.2 Å². The first-order valence-corrected chi connectivity index (χ1v) is 15.8. The van der Waals surface area contributed by atoms with Gasteiger partial charge in [-0.25, -0.2) is 4.98 Å². The van der Waals surface area contributed by atoms with Crippen molar-refractivity contribution in [2.75, 3.05) is 33.9 Å². The van der Waals surface area contributed by atoms with E-state index in [-0.39, 0.29) is 0 Å². The zero-order valence-corrected chi connectivity index (χ0v) is 22.5. The fourth-order valence-electron chi connectivity index (χ4n) is 3.80. The minimum atomic E-state index is -1.20. The van der Waals surface area contributed by atoms with Crippen molar-refractivity contribution in [2.24, 2.45) is 0 Å². The smallest absolute Gasteiger partial charge is 0.137 e. The average Bonchev–Trinajstić information content (AvgIpc) is 3.06. The molecule has 0 atom stereocenters. The highest BCUT2D eigenvalue weighted by Crippen LogP contribution is 2.47. The Morgan fingerprint density at radius 2 is 1.76 bits per heavy atom. The van der Waals surface area contributed by atoms with E-state index in [1.807, 2.05) is 56.6 Å². The lowest BCUT2D eigenvalue weighted by Gasteiger charge is -2.18. The zero-order valence-electron chi connectivity index (χ0n) is 20.7. The Labute approximate surface area is 208 Å². The summed E-state index contributed by atoms with van der Waals surface area (Å²) in [6.45, 7) is 10.1. The third kappa shape index (κ3) is 5.90. The van der Waals surface area contributed by atoms with Crippen LogP contribution in [0.1, 0.15) is 5.82 Å². The highest BCUT2D eigenvalue weighted by atomic mass is 35.5. The van der Waals surface area contributed by atoms with Gasteiger partial charge >= 0.3 is 0 Å². The highest BCUT2D eigenvalue weighted by Gasteiger charge is 2.28. The second-order valence-electron chi connectivity index (χ2n) is 10.1. The van der Waals surface area contributed by atoms with E-state index in [4.69, 9.17) is 30.8 Å². The molecule has 0 fully saturated rings. The quantitative estimate of drug-likeness (QED) is 0.187. The number of imidazole rings is 1. The maximum atomic E-state index is 6.43. The molecule has 0 amide bonds. The molecule has 3 aromatic rings. The van der Waals surface area contributed by atoms with E-state index in [1.54, 1.807) is 0 Å². The molecule has 4 rings (SSSR count). The first kappa shape index (κ1) is 24.9. The van der Waals surface area contributed by atoms with Crippen LogP contribution >= 0.6 is 11.6 Å². The molecule has 6 nitrogen and oxygen atoms in total. The van der Waals surface area contributed by atoms with Gasteiger partial charge in [-0.1, -0.05) is 43.4 Å². The van der Waals surface area contributed by atoms with Crippen molar-refractivity contribution in [3.05, 3.63) is 53.3 Å². The van der Waals surface area contributed by atoms with Crippen LogP contribution in [0.5, 0.6) is 11.5 Å². The van der Waals surface area contributed by atoms with Crippen LogP contribution < -0.4 is 4.74 Å². The Bertz CT molecular complexity index is 1140. The fraction of sp³-hybridized carbons (Fsp3) is 0.423. The summed E-state index contributed by atoms with van der Waals surface area (Å²) in [5, 5.41) is 0.649. The maximum Gasteiger partial charge on any atom is 0.137 e. The molecule has 182 valence electrons. The molecule has 0 radical (unpaired) electrons. The number of aromatic nitrogens is 2. The lowest BCUT2D eigenvalue weighted by Crippen LogP contribution is -2.22. The van der Waals surface area contributed by atoms with Gasteiger partial charge in [0.15, 0.2) is 0 Å². The molecule has 34 heavy (non-hydrogen) atoms. The van der Waals surface area contributed by atoms with E-state index in [1.165, 1.54) is 0 Å². The summed E-state index contributed by atoms with van der Waals surface area (Å²) >= 11 is 6.43. The van der Waals surface area contributed by atoms with E-state index in [9.17, 15) is 0 Å².